The summed E-state index contributed by atoms with van der Waals surface area (Å²) in [4.78, 5) is 26.0. The van der Waals surface area contributed by atoms with Crippen molar-refractivity contribution in [3.63, 3.8) is 0 Å². The number of carbonyl (C=O) groups excluding carboxylic acids is 1. The van der Waals surface area contributed by atoms with E-state index in [4.69, 9.17) is 5.11 Å². The second-order valence-corrected chi connectivity index (χ2v) is 3.80. The molecule has 1 unspecified atom stereocenters. The molecule has 0 aliphatic heterocycles. The predicted octanol–water partition coefficient (Wildman–Crippen LogP) is -1.05. The van der Waals surface area contributed by atoms with Crippen molar-refractivity contribution in [1.82, 2.24) is 0 Å². The Kier molecular flexibility index (Phi) is 3.02. The van der Waals surface area contributed by atoms with Crippen LogP contribution in [0.15, 0.2) is 0 Å². The van der Waals surface area contributed by atoms with Crippen molar-refractivity contribution in [2.75, 3.05) is 21.1 Å². The molecule has 0 saturated carbocycles. The molecule has 0 aromatic heterocycles. The summed E-state index contributed by atoms with van der Waals surface area (Å²) in [6.45, 7) is 1.27. The van der Waals surface area contributed by atoms with Gasteiger partial charge in [-0.15, -0.1) is 0 Å². The van der Waals surface area contributed by atoms with E-state index in [1.54, 1.807) is 21.1 Å². The lowest BCUT2D eigenvalue weighted by Gasteiger charge is -2.37. The van der Waals surface area contributed by atoms with Gasteiger partial charge in [-0.25, -0.2) is 9.59 Å². The third kappa shape index (κ3) is 1.78. The molecule has 0 bridgehead atoms. The van der Waals surface area contributed by atoms with Gasteiger partial charge in [-0.05, 0) is 0 Å². The first kappa shape index (κ1) is 11.9. The number of hydrogen-bond donors (Lipinski definition) is 2. The number of carbonyl (C=O) groups is 2. The van der Waals surface area contributed by atoms with Crippen molar-refractivity contribution in [3.8, 4) is 0 Å². The maximum Gasteiger partial charge on any atom is 0.398 e. The van der Waals surface area contributed by atoms with Crippen LogP contribution in [0.4, 0.5) is 0 Å². The predicted molar refractivity (Wildman–Crippen MR) is 44.4 cm³/mol. The van der Waals surface area contributed by atoms with E-state index in [-0.39, 0.29) is 4.48 Å². The van der Waals surface area contributed by atoms with Gasteiger partial charge in [0.1, 0.15) is 0 Å². The summed E-state index contributed by atoms with van der Waals surface area (Å²) in [5, 5.41) is 8.90. The first-order valence-electron chi connectivity index (χ1n) is 3.64. The highest BCUT2D eigenvalue weighted by Crippen LogP contribution is 2.19. The molecule has 0 rings (SSSR count). The normalized spacial score (nSPS) is 16.1. The van der Waals surface area contributed by atoms with Gasteiger partial charge >= 0.3 is 11.9 Å². The number of nitrogens with zero attached hydrogens (tertiary/aromatic N) is 1. The molecule has 6 nitrogen and oxygen atoms in total. The molecule has 0 aliphatic carbocycles. The van der Waals surface area contributed by atoms with Gasteiger partial charge in [0, 0.05) is 6.92 Å². The Morgan fingerprint density at radius 2 is 1.77 bits per heavy atom. The molecular formula is C7H15N2O4+. The van der Waals surface area contributed by atoms with Crippen LogP contribution < -0.4 is 5.90 Å². The van der Waals surface area contributed by atoms with Crippen molar-refractivity contribution in [1.29, 1.82) is 0 Å². The largest absolute Gasteiger partial charge is 0.476 e. The highest BCUT2D eigenvalue weighted by molar-refractivity contribution is 6.01. The molecular weight excluding hydrogens is 176 g/mol. The molecule has 13 heavy (non-hydrogen) atoms. The fraction of sp³-hybridized carbons (Fsp3) is 0.714. The van der Waals surface area contributed by atoms with E-state index in [9.17, 15) is 9.59 Å². The van der Waals surface area contributed by atoms with Gasteiger partial charge in [0.2, 0.25) is 0 Å². The Bertz CT molecular complexity index is 233. The highest BCUT2D eigenvalue weighted by atomic mass is 16.7. The van der Waals surface area contributed by atoms with Crippen LogP contribution in [0.2, 0.25) is 0 Å². The molecule has 0 saturated heterocycles. The summed E-state index contributed by atoms with van der Waals surface area (Å²) in [7, 11) is 4.72. The fourth-order valence-corrected chi connectivity index (χ4v) is 0.763. The molecule has 0 aromatic carbocycles. The monoisotopic (exact) mass is 191 g/mol. The van der Waals surface area contributed by atoms with Crippen LogP contribution in [0, 0.1) is 0 Å². The van der Waals surface area contributed by atoms with Crippen molar-refractivity contribution < 1.29 is 24.0 Å². The van der Waals surface area contributed by atoms with Crippen LogP contribution >= 0.6 is 0 Å². The Balaban J connectivity index is 5.20. The van der Waals surface area contributed by atoms with Gasteiger partial charge in [0.25, 0.3) is 5.54 Å². The lowest BCUT2D eigenvalue weighted by molar-refractivity contribution is -0.902. The lowest BCUT2D eigenvalue weighted by atomic mass is 9.99. The molecule has 0 spiro atoms. The second kappa shape index (κ2) is 3.31. The Hall–Kier alpha value is -1.14. The Morgan fingerprint density at radius 3 is 1.85 bits per heavy atom. The maximum absolute atomic E-state index is 11.2. The molecule has 76 valence electrons. The van der Waals surface area contributed by atoms with Crippen LogP contribution in [-0.4, -0.2) is 48.2 Å². The van der Waals surface area contributed by atoms with Crippen LogP contribution in [0.5, 0.6) is 0 Å². The molecule has 1 atom stereocenters. The first-order chi connectivity index (χ1) is 5.67. The molecule has 6 heteroatoms. The fourth-order valence-electron chi connectivity index (χ4n) is 0.763. The zero-order valence-corrected chi connectivity index (χ0v) is 8.20. The maximum atomic E-state index is 11.2. The van der Waals surface area contributed by atoms with E-state index in [2.05, 4.69) is 10.7 Å². The van der Waals surface area contributed by atoms with Crippen molar-refractivity contribution in [2.45, 2.75) is 12.5 Å². The van der Waals surface area contributed by atoms with E-state index in [0.29, 0.717) is 0 Å². The van der Waals surface area contributed by atoms with E-state index in [1.165, 1.54) is 6.92 Å². The first-order valence-corrected chi connectivity index (χ1v) is 3.64. The highest BCUT2D eigenvalue weighted by Gasteiger charge is 2.55. The molecule has 0 heterocycles. The molecule has 0 amide bonds. The second-order valence-electron chi connectivity index (χ2n) is 3.80. The summed E-state index contributed by atoms with van der Waals surface area (Å²) >= 11 is 0. The third-order valence-electron chi connectivity index (χ3n) is 2.26. The van der Waals surface area contributed by atoms with Crippen LogP contribution in [0.3, 0.4) is 0 Å². The SMILES string of the molecule is CC(C(=O)O)(C(=O)ON)[N+](C)(C)C. The topological polar surface area (TPSA) is 89.6 Å². The summed E-state index contributed by atoms with van der Waals surface area (Å²) in [6.07, 6.45) is 0. The standard InChI is InChI=1S/C7H14N2O4/c1-7(5(10)11,6(12)13-8)9(2,3)4/h8H2,1-4H3/p+1. The van der Waals surface area contributed by atoms with Crippen molar-refractivity contribution in [2.24, 2.45) is 5.90 Å². The summed E-state index contributed by atoms with van der Waals surface area (Å²) in [5.74, 6) is 2.44. The zero-order valence-electron chi connectivity index (χ0n) is 8.20. The average Bonchev–Trinajstić information content (AvgIpc) is 1.98. The number of likely N-dealkylation sites (N-methyl/N-ethyl adjacent to an activating group) is 1. The summed E-state index contributed by atoms with van der Waals surface area (Å²) in [5.41, 5.74) is -1.69. The number of hydrogen-bond acceptors (Lipinski definition) is 4. The summed E-state index contributed by atoms with van der Waals surface area (Å²) < 4.78 is -0.0988. The van der Waals surface area contributed by atoms with Gasteiger partial charge in [-0.2, -0.15) is 5.90 Å². The van der Waals surface area contributed by atoms with Crippen LogP contribution in [0.1, 0.15) is 6.92 Å². The zero-order chi connectivity index (χ0) is 10.9. The van der Waals surface area contributed by atoms with E-state index < -0.39 is 17.5 Å². The quantitative estimate of drug-likeness (QED) is 0.337. The van der Waals surface area contributed by atoms with Gasteiger partial charge < -0.3 is 14.4 Å². The number of carboxylic acids is 1. The molecule has 0 aromatic rings. The van der Waals surface area contributed by atoms with Gasteiger partial charge in [-0.1, -0.05) is 0 Å². The van der Waals surface area contributed by atoms with E-state index in [0.717, 1.165) is 0 Å². The minimum Gasteiger partial charge on any atom is -0.476 e. The minimum absolute atomic E-state index is 0.0988. The number of quaternary nitrogens is 1. The Morgan fingerprint density at radius 1 is 1.38 bits per heavy atom. The number of aliphatic carboxylic acids is 1. The van der Waals surface area contributed by atoms with Gasteiger partial charge in [-0.3, -0.25) is 0 Å². The Labute approximate surface area is 76.4 Å². The number of rotatable bonds is 3. The van der Waals surface area contributed by atoms with Crippen LogP contribution in [0.25, 0.3) is 0 Å². The molecule has 0 radical (unpaired) electrons. The average molecular weight is 191 g/mol. The van der Waals surface area contributed by atoms with Crippen LogP contribution in [-0.2, 0) is 14.4 Å². The van der Waals surface area contributed by atoms with Crippen molar-refractivity contribution >= 4 is 11.9 Å². The smallest absolute Gasteiger partial charge is 0.398 e. The number of nitrogens with two attached hydrogens (primary N) is 1. The van der Waals surface area contributed by atoms with Crippen molar-refractivity contribution in [3.05, 3.63) is 0 Å². The third-order valence-corrected chi connectivity index (χ3v) is 2.26. The summed E-state index contributed by atoms with van der Waals surface area (Å²) in [6, 6.07) is 0. The molecule has 3 N–H and O–H groups in total. The molecule has 0 fully saturated rings. The van der Waals surface area contributed by atoms with E-state index in [1.807, 2.05) is 0 Å². The molecule has 0 aliphatic rings. The minimum atomic E-state index is -1.69. The number of carboxylic acid groups (broad SMARTS) is 1. The van der Waals surface area contributed by atoms with Gasteiger partial charge in [0.05, 0.1) is 21.1 Å². The van der Waals surface area contributed by atoms with Gasteiger partial charge in [0.15, 0.2) is 0 Å². The van der Waals surface area contributed by atoms with E-state index >= 15 is 0 Å². The lowest BCUT2D eigenvalue weighted by Crippen LogP contribution is -2.65.